The molecule has 5 nitrogen and oxygen atoms in total. The molecular weight excluding hydrogens is 182 g/mol. The second-order valence-electron chi connectivity index (χ2n) is 2.17. The van der Waals surface area contributed by atoms with Gasteiger partial charge in [0.1, 0.15) is 5.75 Å². The first-order valence-electron chi connectivity index (χ1n) is 3.73. The minimum absolute atomic E-state index is 0.297. The highest BCUT2D eigenvalue weighted by Gasteiger charge is 2.15. The summed E-state index contributed by atoms with van der Waals surface area (Å²) >= 11 is 0. The fourth-order valence-corrected chi connectivity index (χ4v) is 1.28. The van der Waals surface area contributed by atoms with Crippen molar-refractivity contribution < 1.29 is 17.9 Å². The molecule has 6 heteroatoms. The minimum atomic E-state index is -3.52. The zero-order chi connectivity index (χ0) is 9.61. The number of hydrogen-bond donors (Lipinski definition) is 1. The van der Waals surface area contributed by atoms with E-state index in [1.54, 1.807) is 13.8 Å². The molecule has 0 aliphatic carbocycles. The Hall–Kier alpha value is -0.170. The molecule has 0 aliphatic heterocycles. The number of primary sulfonamides is 1. The molecule has 0 aromatic rings. The molecule has 0 amide bonds. The highest BCUT2D eigenvalue weighted by molar-refractivity contribution is 7.89. The average molecular weight is 197 g/mol. The highest BCUT2D eigenvalue weighted by atomic mass is 32.2. The van der Waals surface area contributed by atoms with Crippen molar-refractivity contribution in [1.29, 1.82) is 0 Å². The van der Waals surface area contributed by atoms with Gasteiger partial charge in [-0.05, 0) is 13.8 Å². The minimum Gasteiger partial charge on any atom is -0.352 e. The maximum absolute atomic E-state index is 10.6. The molecule has 74 valence electrons. The van der Waals surface area contributed by atoms with Crippen molar-refractivity contribution in [3.63, 3.8) is 0 Å². The molecule has 0 unspecified atom stereocenters. The van der Waals surface area contributed by atoms with Gasteiger partial charge in [-0.3, -0.25) is 0 Å². The molecule has 0 heterocycles. The monoisotopic (exact) mass is 197 g/mol. The lowest BCUT2D eigenvalue weighted by Gasteiger charge is -2.14. The second-order valence-corrected chi connectivity index (χ2v) is 3.83. The number of nitrogens with two attached hydrogens (primary N) is 1. The van der Waals surface area contributed by atoms with E-state index in [9.17, 15) is 8.42 Å². The molecule has 0 fully saturated rings. The highest BCUT2D eigenvalue weighted by Crippen LogP contribution is 1.97. The Balaban J connectivity index is 3.95. The fourth-order valence-electron chi connectivity index (χ4n) is 0.706. The van der Waals surface area contributed by atoms with Gasteiger partial charge in [0.25, 0.3) is 0 Å². The summed E-state index contributed by atoms with van der Waals surface area (Å²) in [5.41, 5.74) is 0. The molecule has 0 aromatic heterocycles. The molecule has 0 saturated carbocycles. The number of ether oxygens (including phenoxy) is 2. The zero-order valence-corrected chi connectivity index (χ0v) is 8.13. The van der Waals surface area contributed by atoms with Crippen LogP contribution in [0.4, 0.5) is 0 Å². The number of hydrogen-bond acceptors (Lipinski definition) is 4. The Morgan fingerprint density at radius 2 is 1.67 bits per heavy atom. The zero-order valence-electron chi connectivity index (χ0n) is 7.32. The van der Waals surface area contributed by atoms with Gasteiger partial charge in [-0.2, -0.15) is 0 Å². The molecule has 0 atom stereocenters. The predicted molar refractivity (Wildman–Crippen MR) is 45.0 cm³/mol. The first-order valence-corrected chi connectivity index (χ1v) is 5.44. The van der Waals surface area contributed by atoms with Crippen LogP contribution in [-0.2, 0) is 19.5 Å². The van der Waals surface area contributed by atoms with Crippen molar-refractivity contribution in [2.24, 2.45) is 5.14 Å². The summed E-state index contributed by atoms with van der Waals surface area (Å²) < 4.78 is 31.2. The first-order chi connectivity index (χ1) is 5.49. The molecule has 0 saturated heterocycles. The summed E-state index contributed by atoms with van der Waals surface area (Å²) in [7, 11) is -3.52. The number of sulfonamides is 1. The van der Waals surface area contributed by atoms with E-state index in [4.69, 9.17) is 14.6 Å². The standard InChI is InChI=1S/C6H15NO4S/c1-3-10-6(11-4-2)5-12(7,8)9/h6H,3-5H2,1-2H3,(H2,7,8,9). The van der Waals surface area contributed by atoms with Crippen LogP contribution in [0.15, 0.2) is 0 Å². The van der Waals surface area contributed by atoms with Crippen LogP contribution < -0.4 is 5.14 Å². The van der Waals surface area contributed by atoms with Gasteiger partial charge in [0.15, 0.2) is 6.29 Å². The van der Waals surface area contributed by atoms with Gasteiger partial charge < -0.3 is 9.47 Å². The SMILES string of the molecule is CCOC(CS(N)(=O)=O)OCC. The van der Waals surface area contributed by atoms with Crippen LogP contribution in [0.5, 0.6) is 0 Å². The molecule has 2 N–H and O–H groups in total. The van der Waals surface area contributed by atoms with Crippen LogP contribution >= 0.6 is 0 Å². The van der Waals surface area contributed by atoms with Gasteiger partial charge in [-0.25, -0.2) is 13.6 Å². The maximum Gasteiger partial charge on any atom is 0.214 e. The number of rotatable bonds is 6. The fraction of sp³-hybridized carbons (Fsp3) is 1.00. The molecule has 0 spiro atoms. The third kappa shape index (κ3) is 6.53. The van der Waals surface area contributed by atoms with Crippen LogP contribution in [0.1, 0.15) is 13.8 Å². The Labute approximate surface area is 72.9 Å². The van der Waals surface area contributed by atoms with E-state index in [-0.39, 0.29) is 5.75 Å². The van der Waals surface area contributed by atoms with E-state index in [1.807, 2.05) is 0 Å². The van der Waals surface area contributed by atoms with E-state index >= 15 is 0 Å². The van der Waals surface area contributed by atoms with Crippen LogP contribution in [0.25, 0.3) is 0 Å². The molecular formula is C6H15NO4S. The van der Waals surface area contributed by atoms with Crippen LogP contribution in [0.2, 0.25) is 0 Å². The molecule has 0 rings (SSSR count). The maximum atomic E-state index is 10.6. The van der Waals surface area contributed by atoms with E-state index in [2.05, 4.69) is 0 Å². The average Bonchev–Trinajstić information content (AvgIpc) is 1.84. The smallest absolute Gasteiger partial charge is 0.214 e. The van der Waals surface area contributed by atoms with Crippen LogP contribution in [0.3, 0.4) is 0 Å². The van der Waals surface area contributed by atoms with E-state index in [0.717, 1.165) is 0 Å². The molecule has 12 heavy (non-hydrogen) atoms. The van der Waals surface area contributed by atoms with Gasteiger partial charge in [0.2, 0.25) is 10.0 Å². The molecule has 0 bridgehead atoms. The first kappa shape index (κ1) is 11.8. The van der Waals surface area contributed by atoms with Gasteiger partial charge in [-0.1, -0.05) is 0 Å². The Kier molecular flexibility index (Phi) is 5.39. The molecule has 0 aliphatic rings. The summed E-state index contributed by atoms with van der Waals surface area (Å²) in [5, 5.41) is 4.81. The lowest BCUT2D eigenvalue weighted by atomic mass is 10.7. The van der Waals surface area contributed by atoms with E-state index < -0.39 is 16.3 Å². The van der Waals surface area contributed by atoms with Gasteiger partial charge in [0.05, 0.1) is 0 Å². The lowest BCUT2D eigenvalue weighted by molar-refractivity contribution is -0.120. The van der Waals surface area contributed by atoms with Crippen molar-refractivity contribution >= 4 is 10.0 Å². The molecule has 0 aromatic carbocycles. The summed E-state index contributed by atoms with van der Waals surface area (Å²) in [4.78, 5) is 0. The Morgan fingerprint density at radius 1 is 1.25 bits per heavy atom. The summed E-state index contributed by atoms with van der Waals surface area (Å²) in [6, 6.07) is 0. The van der Waals surface area contributed by atoms with Crippen molar-refractivity contribution in [3.05, 3.63) is 0 Å². The van der Waals surface area contributed by atoms with Gasteiger partial charge in [0, 0.05) is 13.2 Å². The Bertz CT molecular complexity index is 196. The predicted octanol–water partition coefficient (Wildman–Crippen LogP) is -0.326. The normalized spacial score (nSPS) is 12.3. The van der Waals surface area contributed by atoms with Gasteiger partial charge in [-0.15, -0.1) is 0 Å². The Morgan fingerprint density at radius 3 is 1.92 bits per heavy atom. The van der Waals surface area contributed by atoms with E-state index in [0.29, 0.717) is 13.2 Å². The molecule has 0 radical (unpaired) electrons. The second kappa shape index (κ2) is 5.47. The van der Waals surface area contributed by atoms with Crippen molar-refractivity contribution in [2.45, 2.75) is 20.1 Å². The third-order valence-corrected chi connectivity index (χ3v) is 1.81. The summed E-state index contributed by atoms with van der Waals surface area (Å²) in [6.07, 6.45) is -0.741. The topological polar surface area (TPSA) is 78.6 Å². The van der Waals surface area contributed by atoms with Crippen molar-refractivity contribution in [2.75, 3.05) is 19.0 Å². The van der Waals surface area contributed by atoms with Crippen molar-refractivity contribution in [1.82, 2.24) is 0 Å². The van der Waals surface area contributed by atoms with Crippen molar-refractivity contribution in [3.8, 4) is 0 Å². The summed E-state index contributed by atoms with van der Waals surface area (Å²) in [6.45, 7) is 4.32. The quantitative estimate of drug-likeness (QED) is 0.591. The largest absolute Gasteiger partial charge is 0.352 e. The van der Waals surface area contributed by atoms with E-state index in [1.165, 1.54) is 0 Å². The lowest BCUT2D eigenvalue weighted by Crippen LogP contribution is -2.31. The van der Waals surface area contributed by atoms with Crippen LogP contribution in [0, 0.1) is 0 Å². The van der Waals surface area contributed by atoms with Crippen LogP contribution in [-0.4, -0.2) is 33.7 Å². The summed E-state index contributed by atoms with van der Waals surface area (Å²) in [5.74, 6) is -0.297. The van der Waals surface area contributed by atoms with Gasteiger partial charge >= 0.3 is 0 Å². The third-order valence-electron chi connectivity index (χ3n) is 1.07.